The summed E-state index contributed by atoms with van der Waals surface area (Å²) in [4.78, 5) is 4.53. The summed E-state index contributed by atoms with van der Waals surface area (Å²) in [6.45, 7) is 5.08. The van der Waals surface area contributed by atoms with Crippen LogP contribution in [0.4, 0.5) is 0 Å². The van der Waals surface area contributed by atoms with Gasteiger partial charge in [-0.2, -0.15) is 5.10 Å². The molecule has 1 unspecified atom stereocenters. The van der Waals surface area contributed by atoms with E-state index in [1.165, 1.54) is 35.4 Å². The average Bonchev–Trinajstić information content (AvgIpc) is 3.33. The number of guanidine groups is 1. The summed E-state index contributed by atoms with van der Waals surface area (Å²) >= 11 is 0. The normalized spacial score (nSPS) is 19.5. The van der Waals surface area contributed by atoms with E-state index in [9.17, 15) is 0 Å². The number of aryl methyl sites for hydroxylation is 2. The minimum Gasteiger partial charge on any atom is -0.487 e. The number of aliphatic imine (C=N–C) groups is 1. The van der Waals surface area contributed by atoms with Crippen LogP contribution in [0.3, 0.4) is 0 Å². The lowest BCUT2D eigenvalue weighted by Crippen LogP contribution is -2.46. The maximum absolute atomic E-state index is 6.51. The molecule has 0 saturated heterocycles. The molecule has 170 valence electrons. The van der Waals surface area contributed by atoms with Crippen molar-refractivity contribution in [2.45, 2.75) is 77.0 Å². The van der Waals surface area contributed by atoms with Gasteiger partial charge in [-0.1, -0.05) is 32.0 Å². The molecule has 1 aliphatic heterocycles. The molecule has 0 radical (unpaired) electrons. The highest BCUT2D eigenvalue weighted by molar-refractivity contribution is 14.0. The second-order valence-corrected chi connectivity index (χ2v) is 8.56. The molecule has 2 N–H and O–H groups in total. The van der Waals surface area contributed by atoms with Crippen molar-refractivity contribution in [3.63, 3.8) is 0 Å². The Morgan fingerprint density at radius 3 is 2.65 bits per heavy atom. The standard InChI is InChI=1S/C24H35N5O.HI/c1-5-19-18(21(6-2)29(4)28-19)16-26-23(25-3)27-20-15-24(13-9-10-14-24)30-22-12-8-7-11-17(20)22;/h7-8,11-12,20H,5-6,9-10,13-16H2,1-4H3,(H2,25,26,27);1H. The monoisotopic (exact) mass is 537 g/mol. The van der Waals surface area contributed by atoms with Gasteiger partial charge in [-0.05, 0) is 44.6 Å². The Morgan fingerprint density at radius 1 is 1.23 bits per heavy atom. The zero-order chi connectivity index (χ0) is 21.1. The van der Waals surface area contributed by atoms with Crippen LogP contribution in [-0.2, 0) is 26.4 Å². The van der Waals surface area contributed by atoms with Crippen molar-refractivity contribution < 1.29 is 4.74 Å². The first-order chi connectivity index (χ1) is 14.6. The Balaban J connectivity index is 0.00000272. The Kier molecular flexibility index (Phi) is 7.88. The molecule has 1 saturated carbocycles. The van der Waals surface area contributed by atoms with E-state index in [2.05, 4.69) is 53.7 Å². The first kappa shape index (κ1) is 23.9. The second kappa shape index (κ2) is 10.2. The highest BCUT2D eigenvalue weighted by Crippen LogP contribution is 2.46. The van der Waals surface area contributed by atoms with E-state index in [-0.39, 0.29) is 35.6 Å². The number of benzene rings is 1. The Morgan fingerprint density at radius 2 is 1.97 bits per heavy atom. The topological polar surface area (TPSA) is 63.5 Å². The highest BCUT2D eigenvalue weighted by Gasteiger charge is 2.43. The molecule has 1 fully saturated rings. The van der Waals surface area contributed by atoms with Crippen LogP contribution in [0.15, 0.2) is 29.3 Å². The van der Waals surface area contributed by atoms with Gasteiger partial charge in [-0.3, -0.25) is 9.67 Å². The van der Waals surface area contributed by atoms with Crippen LogP contribution in [0.1, 0.15) is 74.5 Å². The second-order valence-electron chi connectivity index (χ2n) is 8.56. The first-order valence-corrected chi connectivity index (χ1v) is 11.4. The number of para-hydroxylation sites is 1. The molecule has 2 heterocycles. The number of nitrogens with zero attached hydrogens (tertiary/aromatic N) is 3. The summed E-state index contributed by atoms with van der Waals surface area (Å²) in [5.74, 6) is 1.85. The fraction of sp³-hybridized carbons (Fsp3) is 0.583. The van der Waals surface area contributed by atoms with Crippen molar-refractivity contribution >= 4 is 29.9 Å². The molecule has 4 rings (SSSR count). The van der Waals surface area contributed by atoms with Crippen LogP contribution < -0.4 is 15.4 Å². The zero-order valence-corrected chi connectivity index (χ0v) is 21.5. The van der Waals surface area contributed by atoms with E-state index in [1.807, 2.05) is 18.8 Å². The lowest BCUT2D eigenvalue weighted by atomic mass is 9.86. The summed E-state index contributed by atoms with van der Waals surface area (Å²) < 4.78 is 8.53. The molecule has 1 aliphatic carbocycles. The van der Waals surface area contributed by atoms with Gasteiger partial charge in [-0.15, -0.1) is 24.0 Å². The maximum Gasteiger partial charge on any atom is 0.191 e. The molecule has 2 aromatic rings. The predicted octanol–water partition coefficient (Wildman–Crippen LogP) is 4.66. The summed E-state index contributed by atoms with van der Waals surface area (Å²) in [6.07, 6.45) is 7.68. The van der Waals surface area contributed by atoms with Crippen LogP contribution in [0.25, 0.3) is 0 Å². The Bertz CT molecular complexity index is 917. The fourth-order valence-corrected chi connectivity index (χ4v) is 5.20. The van der Waals surface area contributed by atoms with Crippen molar-refractivity contribution in [1.29, 1.82) is 0 Å². The van der Waals surface area contributed by atoms with Gasteiger partial charge in [0, 0.05) is 43.9 Å². The SMILES string of the molecule is CCc1nn(C)c(CC)c1CNC(=NC)NC1CC2(CCCC2)Oc2ccccc21.I. The molecule has 0 bridgehead atoms. The van der Waals surface area contributed by atoms with Gasteiger partial charge >= 0.3 is 0 Å². The van der Waals surface area contributed by atoms with Crippen LogP contribution in [-0.4, -0.2) is 28.4 Å². The van der Waals surface area contributed by atoms with Crippen LogP contribution in [0.2, 0.25) is 0 Å². The van der Waals surface area contributed by atoms with E-state index < -0.39 is 0 Å². The number of halogens is 1. The van der Waals surface area contributed by atoms with Gasteiger partial charge in [0.2, 0.25) is 0 Å². The third kappa shape index (κ3) is 4.86. The number of fused-ring (bicyclic) bond motifs is 1. The van der Waals surface area contributed by atoms with Crippen molar-refractivity contribution in [2.24, 2.45) is 12.0 Å². The molecular weight excluding hydrogens is 501 g/mol. The van der Waals surface area contributed by atoms with Gasteiger partial charge in [0.05, 0.1) is 11.7 Å². The zero-order valence-electron chi connectivity index (χ0n) is 19.2. The summed E-state index contributed by atoms with van der Waals surface area (Å²) in [7, 11) is 3.88. The fourth-order valence-electron chi connectivity index (χ4n) is 5.20. The van der Waals surface area contributed by atoms with E-state index in [4.69, 9.17) is 9.84 Å². The number of rotatable bonds is 5. The number of ether oxygens (including phenoxy) is 1. The summed E-state index contributed by atoms with van der Waals surface area (Å²) in [6, 6.07) is 8.64. The van der Waals surface area contributed by atoms with E-state index >= 15 is 0 Å². The van der Waals surface area contributed by atoms with Crippen molar-refractivity contribution in [2.75, 3.05) is 7.05 Å². The third-order valence-corrected chi connectivity index (χ3v) is 6.71. The van der Waals surface area contributed by atoms with Crippen molar-refractivity contribution in [3.05, 3.63) is 46.8 Å². The summed E-state index contributed by atoms with van der Waals surface area (Å²) in [5, 5.41) is 11.9. The van der Waals surface area contributed by atoms with Crippen molar-refractivity contribution in [1.82, 2.24) is 20.4 Å². The molecule has 1 aromatic heterocycles. The molecule has 6 nitrogen and oxygen atoms in total. The minimum absolute atomic E-state index is 0. The number of nitrogens with one attached hydrogen (secondary N) is 2. The molecule has 1 spiro atoms. The molecule has 1 aromatic carbocycles. The predicted molar refractivity (Wildman–Crippen MR) is 136 cm³/mol. The molecule has 1 atom stereocenters. The molecule has 2 aliphatic rings. The van der Waals surface area contributed by atoms with Crippen LogP contribution in [0, 0.1) is 0 Å². The van der Waals surface area contributed by atoms with Crippen molar-refractivity contribution in [3.8, 4) is 5.75 Å². The van der Waals surface area contributed by atoms with Crippen LogP contribution >= 0.6 is 24.0 Å². The van der Waals surface area contributed by atoms with E-state index in [0.29, 0.717) is 0 Å². The van der Waals surface area contributed by atoms with Gasteiger partial charge in [0.15, 0.2) is 5.96 Å². The molecule has 0 amide bonds. The van der Waals surface area contributed by atoms with Crippen LogP contribution in [0.5, 0.6) is 5.75 Å². The molecular formula is C24H36IN5O. The molecule has 31 heavy (non-hydrogen) atoms. The summed E-state index contributed by atoms with van der Waals surface area (Å²) in [5.41, 5.74) is 4.95. The van der Waals surface area contributed by atoms with Gasteiger partial charge in [0.1, 0.15) is 11.4 Å². The molecule has 7 heteroatoms. The number of hydrogen-bond donors (Lipinski definition) is 2. The van der Waals surface area contributed by atoms with E-state index in [1.54, 1.807) is 0 Å². The average molecular weight is 537 g/mol. The maximum atomic E-state index is 6.51. The smallest absolute Gasteiger partial charge is 0.191 e. The third-order valence-electron chi connectivity index (χ3n) is 6.71. The van der Waals surface area contributed by atoms with Gasteiger partial charge in [-0.25, -0.2) is 0 Å². The number of hydrogen-bond acceptors (Lipinski definition) is 3. The van der Waals surface area contributed by atoms with Gasteiger partial charge in [0.25, 0.3) is 0 Å². The Labute approximate surface area is 203 Å². The van der Waals surface area contributed by atoms with E-state index in [0.717, 1.165) is 50.4 Å². The lowest BCUT2D eigenvalue weighted by Gasteiger charge is -2.40. The number of aromatic nitrogens is 2. The highest BCUT2D eigenvalue weighted by atomic mass is 127. The first-order valence-electron chi connectivity index (χ1n) is 11.4. The minimum atomic E-state index is -0.0288. The largest absolute Gasteiger partial charge is 0.487 e. The quantitative estimate of drug-likeness (QED) is 0.331. The Hall–Kier alpha value is -1.77. The lowest BCUT2D eigenvalue weighted by molar-refractivity contribution is 0.0396. The van der Waals surface area contributed by atoms with Gasteiger partial charge < -0.3 is 15.4 Å².